The van der Waals surface area contributed by atoms with Gasteiger partial charge in [-0.1, -0.05) is 17.7 Å². The molecule has 6 nitrogen and oxygen atoms in total. The van der Waals surface area contributed by atoms with Gasteiger partial charge in [-0.05, 0) is 42.8 Å². The normalized spacial score (nSPS) is 17.0. The minimum Gasteiger partial charge on any atom is -0.464 e. The fourth-order valence-corrected chi connectivity index (χ4v) is 3.41. The molecule has 2 aromatic carbocycles. The Bertz CT molecular complexity index is 1070. The quantitative estimate of drug-likeness (QED) is 0.673. The fourth-order valence-electron chi connectivity index (χ4n) is 3.22. The maximum absolute atomic E-state index is 12.4. The smallest absolute Gasteiger partial charge is 0.255 e. The first-order valence-electron chi connectivity index (χ1n) is 8.43. The number of amides is 3. The lowest BCUT2D eigenvalue weighted by Crippen LogP contribution is -2.39. The maximum Gasteiger partial charge on any atom is 0.255 e. The summed E-state index contributed by atoms with van der Waals surface area (Å²) in [6.07, 6.45) is 2.25. The van der Waals surface area contributed by atoms with E-state index in [9.17, 15) is 14.4 Å². The molecule has 0 aliphatic carbocycles. The number of carbonyl (C=O) groups is 3. The van der Waals surface area contributed by atoms with Gasteiger partial charge in [0.05, 0.1) is 12.2 Å². The van der Waals surface area contributed by atoms with Gasteiger partial charge in [-0.25, -0.2) is 0 Å². The van der Waals surface area contributed by atoms with Gasteiger partial charge >= 0.3 is 0 Å². The van der Waals surface area contributed by atoms with Gasteiger partial charge in [0.2, 0.25) is 11.8 Å². The van der Waals surface area contributed by atoms with Crippen LogP contribution in [0.4, 0.5) is 5.69 Å². The predicted octanol–water partition coefficient (Wildman–Crippen LogP) is 3.86. The summed E-state index contributed by atoms with van der Waals surface area (Å²) in [5, 5.41) is 6.39. The second-order valence-corrected chi connectivity index (χ2v) is 6.81. The van der Waals surface area contributed by atoms with E-state index in [2.05, 4.69) is 10.6 Å². The maximum atomic E-state index is 12.4. The van der Waals surface area contributed by atoms with Crippen LogP contribution in [0.25, 0.3) is 11.0 Å². The van der Waals surface area contributed by atoms with E-state index in [1.165, 1.54) is 6.26 Å². The number of piperidine rings is 1. The second kappa shape index (κ2) is 6.89. The molecular formula is C20H15ClN2O4. The van der Waals surface area contributed by atoms with E-state index in [-0.39, 0.29) is 24.1 Å². The summed E-state index contributed by atoms with van der Waals surface area (Å²) in [5.41, 5.74) is 2.33. The molecule has 3 amide bonds. The highest BCUT2D eigenvalue weighted by molar-refractivity contribution is 6.31. The number of nitrogens with one attached hydrogen (secondary N) is 2. The molecule has 1 fully saturated rings. The minimum absolute atomic E-state index is 0.265. The minimum atomic E-state index is -0.456. The topological polar surface area (TPSA) is 88.4 Å². The highest BCUT2D eigenvalue weighted by Gasteiger charge is 2.30. The molecule has 3 aromatic rings. The fraction of sp³-hybridized carbons (Fsp3) is 0.150. The third-order valence-electron chi connectivity index (χ3n) is 4.56. The van der Waals surface area contributed by atoms with Crippen LogP contribution >= 0.6 is 11.6 Å². The number of hydrogen-bond acceptors (Lipinski definition) is 4. The van der Waals surface area contributed by atoms with Gasteiger partial charge in [0.1, 0.15) is 5.58 Å². The number of imide groups is 1. The Morgan fingerprint density at radius 1 is 1.19 bits per heavy atom. The molecule has 1 unspecified atom stereocenters. The molecule has 4 rings (SSSR count). The SMILES string of the molecule is O=C1CCC(c2coc3ccc(NC(=O)c4cccc(Cl)c4)cc23)C(=O)N1. The van der Waals surface area contributed by atoms with Crippen LogP contribution in [0.5, 0.6) is 0 Å². The van der Waals surface area contributed by atoms with Gasteiger partial charge < -0.3 is 9.73 Å². The number of fused-ring (bicyclic) bond motifs is 1. The molecule has 0 bridgehead atoms. The van der Waals surface area contributed by atoms with Crippen LogP contribution in [0.15, 0.2) is 53.1 Å². The molecule has 136 valence electrons. The van der Waals surface area contributed by atoms with Crippen LogP contribution in [0.1, 0.15) is 34.7 Å². The van der Waals surface area contributed by atoms with E-state index in [1.54, 1.807) is 42.5 Å². The lowest BCUT2D eigenvalue weighted by molar-refractivity contribution is -0.134. The molecule has 0 spiro atoms. The number of rotatable bonds is 3. The van der Waals surface area contributed by atoms with Crippen molar-refractivity contribution in [2.24, 2.45) is 0 Å². The third kappa shape index (κ3) is 3.44. The number of carbonyl (C=O) groups excluding carboxylic acids is 3. The summed E-state index contributed by atoms with van der Waals surface area (Å²) in [4.78, 5) is 36.0. The summed E-state index contributed by atoms with van der Waals surface area (Å²) in [7, 11) is 0. The van der Waals surface area contributed by atoms with Gasteiger partial charge in [-0.15, -0.1) is 0 Å². The summed E-state index contributed by atoms with van der Waals surface area (Å²) >= 11 is 5.93. The standard InChI is InChI=1S/C20H15ClN2O4/c21-12-3-1-2-11(8-12)19(25)22-13-4-6-17-15(9-13)16(10-27-17)14-5-7-18(24)23-20(14)26/h1-4,6,8-10,14H,5,7H2,(H,22,25)(H,23,24,26). The zero-order chi connectivity index (χ0) is 19.0. The Morgan fingerprint density at radius 3 is 2.81 bits per heavy atom. The first kappa shape index (κ1) is 17.3. The Kier molecular flexibility index (Phi) is 4.41. The first-order chi connectivity index (χ1) is 13.0. The molecule has 27 heavy (non-hydrogen) atoms. The van der Waals surface area contributed by atoms with Gasteiger partial charge in [-0.3, -0.25) is 19.7 Å². The number of halogens is 1. The zero-order valence-electron chi connectivity index (χ0n) is 14.1. The van der Waals surface area contributed by atoms with E-state index in [0.717, 1.165) is 5.39 Å². The number of benzene rings is 2. The van der Waals surface area contributed by atoms with Crippen LogP contribution in [-0.2, 0) is 9.59 Å². The lowest BCUT2D eigenvalue weighted by atomic mass is 9.90. The number of anilines is 1. The lowest BCUT2D eigenvalue weighted by Gasteiger charge is -2.19. The van der Waals surface area contributed by atoms with E-state index < -0.39 is 5.92 Å². The Balaban J connectivity index is 1.63. The summed E-state index contributed by atoms with van der Waals surface area (Å²) < 4.78 is 5.54. The van der Waals surface area contributed by atoms with Crippen LogP contribution in [0.3, 0.4) is 0 Å². The van der Waals surface area contributed by atoms with Crippen LogP contribution in [0, 0.1) is 0 Å². The molecule has 1 atom stereocenters. The van der Waals surface area contributed by atoms with Gasteiger partial charge in [0.15, 0.2) is 0 Å². The molecule has 0 saturated carbocycles. The molecule has 7 heteroatoms. The van der Waals surface area contributed by atoms with Crippen molar-refractivity contribution >= 4 is 46.0 Å². The Morgan fingerprint density at radius 2 is 2.04 bits per heavy atom. The predicted molar refractivity (Wildman–Crippen MR) is 101 cm³/mol. The Hall–Kier alpha value is -3.12. The number of hydrogen-bond donors (Lipinski definition) is 2. The molecular weight excluding hydrogens is 368 g/mol. The Labute approximate surface area is 159 Å². The molecule has 1 saturated heterocycles. The first-order valence-corrected chi connectivity index (χ1v) is 8.81. The van der Waals surface area contributed by atoms with Gasteiger partial charge in [0.25, 0.3) is 5.91 Å². The highest BCUT2D eigenvalue weighted by atomic mass is 35.5. The third-order valence-corrected chi connectivity index (χ3v) is 4.80. The summed E-state index contributed by atoms with van der Waals surface area (Å²) in [5.74, 6) is -1.34. The number of furan rings is 1. The van der Waals surface area contributed by atoms with Gasteiger partial charge in [-0.2, -0.15) is 0 Å². The molecule has 1 aromatic heterocycles. The van der Waals surface area contributed by atoms with Crippen molar-refractivity contribution in [1.29, 1.82) is 0 Å². The average molecular weight is 383 g/mol. The van der Waals surface area contributed by atoms with Crippen molar-refractivity contribution in [3.05, 3.63) is 64.9 Å². The van der Waals surface area contributed by atoms with Crippen LogP contribution < -0.4 is 10.6 Å². The van der Waals surface area contributed by atoms with Crippen LogP contribution in [0.2, 0.25) is 5.02 Å². The average Bonchev–Trinajstić information content (AvgIpc) is 3.05. The molecule has 0 radical (unpaired) electrons. The van der Waals surface area contributed by atoms with Gasteiger partial charge in [0, 0.05) is 33.6 Å². The molecule has 2 N–H and O–H groups in total. The van der Waals surface area contributed by atoms with E-state index in [1.807, 2.05) is 0 Å². The van der Waals surface area contributed by atoms with E-state index in [0.29, 0.717) is 33.8 Å². The van der Waals surface area contributed by atoms with Crippen molar-refractivity contribution in [3.63, 3.8) is 0 Å². The van der Waals surface area contributed by atoms with Crippen molar-refractivity contribution in [2.45, 2.75) is 18.8 Å². The summed E-state index contributed by atoms with van der Waals surface area (Å²) in [6, 6.07) is 11.9. The van der Waals surface area contributed by atoms with Crippen molar-refractivity contribution in [2.75, 3.05) is 5.32 Å². The van der Waals surface area contributed by atoms with E-state index >= 15 is 0 Å². The monoisotopic (exact) mass is 382 g/mol. The highest BCUT2D eigenvalue weighted by Crippen LogP contribution is 2.34. The van der Waals surface area contributed by atoms with Crippen molar-refractivity contribution < 1.29 is 18.8 Å². The molecule has 2 heterocycles. The summed E-state index contributed by atoms with van der Waals surface area (Å²) in [6.45, 7) is 0. The second-order valence-electron chi connectivity index (χ2n) is 6.37. The molecule has 1 aliphatic rings. The van der Waals surface area contributed by atoms with Crippen molar-refractivity contribution in [1.82, 2.24) is 5.32 Å². The van der Waals surface area contributed by atoms with Crippen molar-refractivity contribution in [3.8, 4) is 0 Å². The molecule has 1 aliphatic heterocycles. The van der Waals surface area contributed by atoms with E-state index in [4.69, 9.17) is 16.0 Å². The largest absolute Gasteiger partial charge is 0.464 e. The van der Waals surface area contributed by atoms with Crippen LogP contribution in [-0.4, -0.2) is 17.7 Å². The zero-order valence-corrected chi connectivity index (χ0v) is 14.9.